The van der Waals surface area contributed by atoms with Crippen molar-refractivity contribution in [3.63, 3.8) is 0 Å². The lowest BCUT2D eigenvalue weighted by molar-refractivity contribution is -0.140. The fraction of sp³-hybridized carbons (Fsp3) is 0.471. The molecular weight excluding hydrogens is 314 g/mol. The van der Waals surface area contributed by atoms with E-state index in [0.717, 1.165) is 0 Å². The number of aromatic nitrogens is 2. The normalized spacial score (nSPS) is 13.1. The van der Waals surface area contributed by atoms with Gasteiger partial charge in [-0.25, -0.2) is 4.98 Å². The lowest BCUT2D eigenvalue weighted by Crippen LogP contribution is -2.42. The second-order valence-electron chi connectivity index (χ2n) is 6.46. The fourth-order valence-corrected chi connectivity index (χ4v) is 2.61. The van der Waals surface area contributed by atoms with E-state index >= 15 is 0 Å². The third-order valence-corrected chi connectivity index (χ3v) is 4.87. The predicted octanol–water partition coefficient (Wildman–Crippen LogP) is 2.72. The molecule has 1 aromatic carbocycles. The predicted molar refractivity (Wildman–Crippen MR) is 92.7 cm³/mol. The van der Waals surface area contributed by atoms with Crippen molar-refractivity contribution < 1.29 is 4.79 Å². The summed E-state index contributed by atoms with van der Waals surface area (Å²) in [5.41, 5.74) is -0.148. The van der Waals surface area contributed by atoms with Gasteiger partial charge in [0.2, 0.25) is 5.91 Å². The molecule has 2 rings (SSSR count). The van der Waals surface area contributed by atoms with Crippen molar-refractivity contribution in [2.24, 2.45) is 12.5 Å². The van der Waals surface area contributed by atoms with Crippen molar-refractivity contribution in [1.29, 1.82) is 0 Å². The van der Waals surface area contributed by atoms with Crippen molar-refractivity contribution in [2.45, 2.75) is 26.8 Å². The minimum absolute atomic E-state index is 0.0811. The van der Waals surface area contributed by atoms with Crippen LogP contribution in [0.15, 0.2) is 29.1 Å². The molecule has 1 amide bonds. The summed E-state index contributed by atoms with van der Waals surface area (Å²) >= 11 is 5.90. The zero-order valence-corrected chi connectivity index (χ0v) is 14.9. The summed E-state index contributed by atoms with van der Waals surface area (Å²) in [5, 5.41) is 0.570. The van der Waals surface area contributed by atoms with Gasteiger partial charge in [0.15, 0.2) is 0 Å². The number of amides is 1. The second kappa shape index (κ2) is 6.32. The Morgan fingerprint density at radius 1 is 1.39 bits per heavy atom. The van der Waals surface area contributed by atoms with Crippen LogP contribution in [0.25, 0.3) is 10.9 Å². The van der Waals surface area contributed by atoms with Crippen LogP contribution in [0.1, 0.15) is 32.6 Å². The number of nitrogens with zero attached hydrogens (tertiary/aromatic N) is 3. The van der Waals surface area contributed by atoms with Crippen LogP contribution in [0.3, 0.4) is 0 Å². The maximum Gasteiger partial charge on any atom is 0.261 e. The summed E-state index contributed by atoms with van der Waals surface area (Å²) in [6.45, 7) is 5.47. The van der Waals surface area contributed by atoms with E-state index < -0.39 is 5.41 Å². The first-order valence-corrected chi connectivity index (χ1v) is 8.03. The van der Waals surface area contributed by atoms with Gasteiger partial charge in [-0.3, -0.25) is 14.2 Å². The van der Waals surface area contributed by atoms with Crippen LogP contribution < -0.4 is 5.56 Å². The zero-order chi connectivity index (χ0) is 17.4. The van der Waals surface area contributed by atoms with E-state index in [4.69, 9.17) is 11.6 Å². The largest absolute Gasteiger partial charge is 0.335 e. The van der Waals surface area contributed by atoms with Gasteiger partial charge in [-0.1, -0.05) is 12.1 Å². The molecule has 124 valence electrons. The van der Waals surface area contributed by atoms with Crippen molar-refractivity contribution in [2.75, 3.05) is 12.9 Å². The highest BCUT2D eigenvalue weighted by Crippen LogP contribution is 2.26. The summed E-state index contributed by atoms with van der Waals surface area (Å²) in [6.07, 6.45) is 0. The fourth-order valence-electron chi connectivity index (χ4n) is 2.49. The minimum atomic E-state index is -0.666. The molecule has 0 fully saturated rings. The number of carbonyl (C=O) groups excluding carboxylic acids is 1. The van der Waals surface area contributed by atoms with Crippen LogP contribution in [-0.2, 0) is 11.8 Å². The van der Waals surface area contributed by atoms with E-state index in [0.29, 0.717) is 16.7 Å². The molecule has 0 aliphatic carbocycles. The van der Waals surface area contributed by atoms with Crippen molar-refractivity contribution >= 4 is 28.4 Å². The third kappa shape index (κ3) is 3.11. The Labute approximate surface area is 140 Å². The first-order chi connectivity index (χ1) is 10.7. The van der Waals surface area contributed by atoms with Gasteiger partial charge < -0.3 is 4.90 Å². The maximum absolute atomic E-state index is 12.6. The zero-order valence-electron chi connectivity index (χ0n) is 14.1. The van der Waals surface area contributed by atoms with E-state index in [9.17, 15) is 9.59 Å². The highest BCUT2D eigenvalue weighted by molar-refractivity contribution is 6.19. The van der Waals surface area contributed by atoms with Crippen LogP contribution in [0.2, 0.25) is 0 Å². The molecule has 5 nitrogen and oxygen atoms in total. The number of alkyl halides is 1. The van der Waals surface area contributed by atoms with Gasteiger partial charge in [0, 0.05) is 20.0 Å². The van der Waals surface area contributed by atoms with Gasteiger partial charge in [0.25, 0.3) is 5.56 Å². The average Bonchev–Trinajstić information content (AvgIpc) is 2.56. The number of carbonyl (C=O) groups is 1. The number of para-hydroxylation sites is 1. The monoisotopic (exact) mass is 335 g/mol. The molecular formula is C17H22ClN3O2. The molecule has 0 saturated carbocycles. The lowest BCUT2D eigenvalue weighted by atomic mass is 9.94. The van der Waals surface area contributed by atoms with Crippen molar-refractivity contribution in [1.82, 2.24) is 14.5 Å². The Balaban J connectivity index is 2.49. The molecule has 2 aromatic rings. The summed E-state index contributed by atoms with van der Waals surface area (Å²) in [7, 11) is 3.39. The Morgan fingerprint density at radius 2 is 2.00 bits per heavy atom. The Morgan fingerprint density at radius 3 is 2.61 bits per heavy atom. The summed E-state index contributed by atoms with van der Waals surface area (Å²) < 4.78 is 1.50. The van der Waals surface area contributed by atoms with Crippen molar-refractivity contribution in [3.8, 4) is 0 Å². The SMILES string of the molecule is CC(c1nc2ccccc2c(=O)n1C)N(C)C(=O)C(C)(C)CCl. The third-order valence-electron chi connectivity index (χ3n) is 4.21. The molecule has 0 aliphatic heterocycles. The molecule has 1 aromatic heterocycles. The molecule has 0 saturated heterocycles. The van der Waals surface area contributed by atoms with E-state index in [-0.39, 0.29) is 23.4 Å². The molecule has 1 heterocycles. The first kappa shape index (κ1) is 17.5. The highest BCUT2D eigenvalue weighted by Gasteiger charge is 2.33. The molecule has 0 bridgehead atoms. The van der Waals surface area contributed by atoms with Crippen LogP contribution in [0.4, 0.5) is 0 Å². The number of hydrogen-bond donors (Lipinski definition) is 0. The topological polar surface area (TPSA) is 55.2 Å². The maximum atomic E-state index is 12.6. The van der Waals surface area contributed by atoms with E-state index in [1.807, 2.05) is 19.1 Å². The van der Waals surface area contributed by atoms with Crippen LogP contribution in [0.5, 0.6) is 0 Å². The lowest BCUT2D eigenvalue weighted by Gasteiger charge is -2.32. The quantitative estimate of drug-likeness (QED) is 0.807. The van der Waals surface area contributed by atoms with Gasteiger partial charge in [-0.2, -0.15) is 0 Å². The van der Waals surface area contributed by atoms with Gasteiger partial charge in [0.1, 0.15) is 5.82 Å². The molecule has 6 heteroatoms. The van der Waals surface area contributed by atoms with Crippen LogP contribution >= 0.6 is 11.6 Å². The molecule has 0 aliphatic rings. The van der Waals surface area contributed by atoms with Gasteiger partial charge in [-0.05, 0) is 32.9 Å². The van der Waals surface area contributed by atoms with Gasteiger partial charge >= 0.3 is 0 Å². The molecule has 0 spiro atoms. The smallest absolute Gasteiger partial charge is 0.261 e. The summed E-state index contributed by atoms with van der Waals surface area (Å²) in [5.74, 6) is 0.699. The molecule has 1 atom stereocenters. The minimum Gasteiger partial charge on any atom is -0.335 e. The van der Waals surface area contributed by atoms with Crippen LogP contribution in [0, 0.1) is 5.41 Å². The molecule has 0 radical (unpaired) electrons. The summed E-state index contributed by atoms with van der Waals surface area (Å²) in [6, 6.07) is 6.87. The second-order valence-corrected chi connectivity index (χ2v) is 6.73. The van der Waals surface area contributed by atoms with E-state index in [1.54, 1.807) is 45.0 Å². The Kier molecular flexibility index (Phi) is 4.80. The van der Waals surface area contributed by atoms with E-state index in [1.165, 1.54) is 4.57 Å². The first-order valence-electron chi connectivity index (χ1n) is 7.49. The number of rotatable bonds is 4. The Bertz CT molecular complexity index is 798. The summed E-state index contributed by atoms with van der Waals surface area (Å²) in [4.78, 5) is 31.3. The Hall–Kier alpha value is -1.88. The van der Waals surface area contributed by atoms with Crippen LogP contribution in [-0.4, -0.2) is 33.3 Å². The molecule has 1 unspecified atom stereocenters. The molecule has 23 heavy (non-hydrogen) atoms. The van der Waals surface area contributed by atoms with Gasteiger partial charge in [-0.15, -0.1) is 11.6 Å². The average molecular weight is 336 g/mol. The highest BCUT2D eigenvalue weighted by atomic mass is 35.5. The number of hydrogen-bond acceptors (Lipinski definition) is 3. The van der Waals surface area contributed by atoms with Gasteiger partial charge in [0.05, 0.1) is 22.4 Å². The number of halogens is 1. The van der Waals surface area contributed by atoms with Crippen molar-refractivity contribution in [3.05, 3.63) is 40.4 Å². The van der Waals surface area contributed by atoms with E-state index in [2.05, 4.69) is 4.98 Å². The molecule has 0 N–H and O–H groups in total. The number of benzene rings is 1. The standard InChI is InChI=1S/C17H22ClN3O2/c1-11(20(4)16(23)17(2,3)10-18)14-19-13-9-7-6-8-12(13)15(22)21(14)5/h6-9,11H,10H2,1-5H3. The number of fused-ring (bicyclic) bond motifs is 1.